The standard InChI is InChI=1S/5C4H4O5.V/c5*5-2(4(8)9)1-3(6)7;/h5*1H2,(H,6,7)(H,8,9);/p-5. The number of hydrogen-bond acceptors (Lipinski definition) is 20. The minimum Gasteiger partial charge on any atom is -0.550 e. The minimum absolute atomic E-state index is 0. The molecule has 0 atom stereocenters. The molecule has 0 unspecified atom stereocenters. The van der Waals surface area contributed by atoms with E-state index in [0.717, 1.165) is 0 Å². The van der Waals surface area contributed by atoms with E-state index in [4.69, 9.17) is 25.5 Å². The van der Waals surface area contributed by atoms with Crippen molar-refractivity contribution in [2.24, 2.45) is 0 Å². The topological polar surface area (TPSA) is 472 Å². The second kappa shape index (κ2) is 28.7. The third kappa shape index (κ3) is 44.6. The molecule has 0 aromatic rings. The van der Waals surface area contributed by atoms with Crippen molar-refractivity contribution in [1.82, 2.24) is 0 Å². The molecule has 0 bridgehead atoms. The van der Waals surface area contributed by atoms with Crippen LogP contribution >= 0.6 is 0 Å². The van der Waals surface area contributed by atoms with Gasteiger partial charge in [-0.3, -0.25) is 24.0 Å². The number of carbonyl (C=O) groups is 15. The molecule has 0 spiro atoms. The molecule has 0 heterocycles. The average Bonchev–Trinajstić information content (AvgIpc) is 2.83. The van der Waals surface area contributed by atoms with Gasteiger partial charge in [-0.05, 0) is 0 Å². The van der Waals surface area contributed by atoms with Crippen molar-refractivity contribution < 1.29 is 142 Å². The zero-order chi connectivity index (χ0) is 37.2. The number of carboxylic acids is 10. The van der Waals surface area contributed by atoms with E-state index in [2.05, 4.69) is 0 Å². The Morgan fingerprint density at radius 3 is 0.391 bits per heavy atom. The smallest absolute Gasteiger partial charge is 0.372 e. The van der Waals surface area contributed by atoms with Gasteiger partial charge < -0.3 is 75.0 Å². The number of Topliss-reactive ketones (excluding diaryl/α,β-unsaturated/α-hetero) is 5. The molecule has 0 saturated carbocycles. The first-order valence-corrected chi connectivity index (χ1v) is 9.99. The zero-order valence-corrected chi connectivity index (χ0v) is 23.3. The number of rotatable bonds is 15. The summed E-state index contributed by atoms with van der Waals surface area (Å²) < 4.78 is 0. The molecule has 1 radical (unpaired) electrons. The van der Waals surface area contributed by atoms with Crippen LogP contribution in [0.25, 0.3) is 0 Å². The summed E-state index contributed by atoms with van der Waals surface area (Å²) in [5.74, 6) is -24.0. The van der Waals surface area contributed by atoms with Gasteiger partial charge in [0.1, 0.15) is 0 Å². The third-order valence-electron chi connectivity index (χ3n) is 2.72. The van der Waals surface area contributed by atoms with Crippen LogP contribution in [-0.4, -0.2) is 114 Å². The first-order chi connectivity index (χ1) is 20.2. The molecule has 5 N–H and O–H groups in total. The molecule has 255 valence electrons. The van der Waals surface area contributed by atoms with E-state index in [-0.39, 0.29) is 18.6 Å². The van der Waals surface area contributed by atoms with Crippen molar-refractivity contribution in [1.29, 1.82) is 0 Å². The van der Waals surface area contributed by atoms with E-state index in [1.807, 2.05) is 0 Å². The fourth-order valence-electron chi connectivity index (χ4n) is 1.03. The van der Waals surface area contributed by atoms with Crippen LogP contribution in [0, 0.1) is 0 Å². The Hall–Kier alpha value is -6.37. The number of hydrogen-bond donors (Lipinski definition) is 5. The van der Waals surface area contributed by atoms with Gasteiger partial charge in [0.05, 0.1) is 32.1 Å². The molecule has 26 heteroatoms. The molecule has 0 aliphatic rings. The van der Waals surface area contributed by atoms with Crippen molar-refractivity contribution in [3.63, 3.8) is 0 Å². The molecule has 0 rings (SSSR count). The molecule has 0 fully saturated rings. The number of carbonyl (C=O) groups excluding carboxylic acids is 10. The van der Waals surface area contributed by atoms with Gasteiger partial charge in [0, 0.05) is 48.4 Å². The summed E-state index contributed by atoms with van der Waals surface area (Å²) in [5.41, 5.74) is 0. The van der Waals surface area contributed by atoms with Crippen LogP contribution in [0.2, 0.25) is 0 Å². The Kier molecular flexibility index (Phi) is 32.7. The van der Waals surface area contributed by atoms with E-state index < -0.39 is 121 Å². The SMILES string of the molecule is O=C([O-])CC(=O)C(=O)O.O=C([O-])CC(=O)C(=O)O.O=C([O-])CC(=O)C(=O)O.O=C([O-])CC(=O)C(=O)O.O=C([O-])CC(=O)C(=O)O.[V]. The maximum Gasteiger partial charge on any atom is 0.372 e. The van der Waals surface area contributed by atoms with Crippen molar-refractivity contribution in [3.8, 4) is 0 Å². The average molecular weight is 706 g/mol. The van der Waals surface area contributed by atoms with E-state index in [1.54, 1.807) is 0 Å². The summed E-state index contributed by atoms with van der Waals surface area (Å²) in [7, 11) is 0. The molecule has 0 saturated heterocycles. The predicted octanol–water partition coefficient (Wildman–Crippen LogP) is -11.1. The van der Waals surface area contributed by atoms with Crippen molar-refractivity contribution in [2.45, 2.75) is 32.1 Å². The Balaban J connectivity index is -0.000000108. The van der Waals surface area contributed by atoms with Crippen LogP contribution in [0.1, 0.15) is 32.1 Å². The van der Waals surface area contributed by atoms with E-state index in [9.17, 15) is 97.5 Å². The molecular weight excluding hydrogens is 691 g/mol. The monoisotopic (exact) mass is 706 g/mol. The Morgan fingerprint density at radius 1 is 0.283 bits per heavy atom. The van der Waals surface area contributed by atoms with Crippen LogP contribution in [0.3, 0.4) is 0 Å². The number of ketones is 5. The summed E-state index contributed by atoms with van der Waals surface area (Å²) in [6, 6.07) is 0. The molecule has 0 aromatic carbocycles. The maximum atomic E-state index is 9.93. The van der Waals surface area contributed by atoms with Gasteiger partial charge in [-0.15, -0.1) is 0 Å². The quantitative estimate of drug-likeness (QED) is 0.0779. The number of aliphatic carboxylic acids is 10. The van der Waals surface area contributed by atoms with Gasteiger partial charge in [0.15, 0.2) is 0 Å². The number of carboxylic acid groups (broad SMARTS) is 10. The zero-order valence-electron chi connectivity index (χ0n) is 21.9. The molecule has 25 nitrogen and oxygen atoms in total. The summed E-state index contributed by atoms with van der Waals surface area (Å²) in [4.78, 5) is 145. The predicted molar refractivity (Wildman–Crippen MR) is 111 cm³/mol. The third-order valence-corrected chi connectivity index (χ3v) is 2.72. The molecule has 0 aliphatic carbocycles. The Bertz CT molecular complexity index is 1020. The van der Waals surface area contributed by atoms with Crippen LogP contribution in [-0.2, 0) is 90.5 Å². The molecule has 46 heavy (non-hydrogen) atoms. The van der Waals surface area contributed by atoms with E-state index in [0.29, 0.717) is 0 Å². The van der Waals surface area contributed by atoms with Gasteiger partial charge in [0.25, 0.3) is 0 Å². The van der Waals surface area contributed by atoms with Crippen LogP contribution < -0.4 is 25.5 Å². The molecule has 0 amide bonds. The Labute approximate surface area is 262 Å². The fraction of sp³-hybridized carbons (Fsp3) is 0.250. The summed E-state index contributed by atoms with van der Waals surface area (Å²) in [5, 5.41) is 86.5. The maximum absolute atomic E-state index is 9.93. The Morgan fingerprint density at radius 2 is 0.370 bits per heavy atom. The fourth-order valence-corrected chi connectivity index (χ4v) is 1.03. The van der Waals surface area contributed by atoms with Crippen molar-refractivity contribution in [3.05, 3.63) is 0 Å². The normalized spacial score (nSPS) is 8.26. The van der Waals surface area contributed by atoms with Crippen molar-refractivity contribution in [2.75, 3.05) is 0 Å². The van der Waals surface area contributed by atoms with Crippen molar-refractivity contribution >= 4 is 88.6 Å². The minimum atomic E-state index is -1.75. The van der Waals surface area contributed by atoms with E-state index >= 15 is 0 Å². The van der Waals surface area contributed by atoms with Crippen LogP contribution in [0.4, 0.5) is 0 Å². The summed E-state index contributed by atoms with van der Waals surface area (Å²) >= 11 is 0. The van der Waals surface area contributed by atoms with E-state index in [1.165, 1.54) is 0 Å². The van der Waals surface area contributed by atoms with Gasteiger partial charge in [-0.1, -0.05) is 0 Å². The molecule has 0 aromatic heterocycles. The van der Waals surface area contributed by atoms with Crippen LogP contribution in [0.5, 0.6) is 0 Å². The van der Waals surface area contributed by atoms with Gasteiger partial charge in [0.2, 0.25) is 28.9 Å². The first-order valence-electron chi connectivity index (χ1n) is 9.99. The second-order valence-corrected chi connectivity index (χ2v) is 6.39. The molecular formula is C20H15O25V-5. The van der Waals surface area contributed by atoms with Gasteiger partial charge in [-0.25, -0.2) is 24.0 Å². The molecule has 0 aliphatic heterocycles. The van der Waals surface area contributed by atoms with Gasteiger partial charge in [-0.2, -0.15) is 0 Å². The summed E-state index contributed by atoms with van der Waals surface area (Å²) in [6.45, 7) is 0. The second-order valence-electron chi connectivity index (χ2n) is 6.39. The summed E-state index contributed by atoms with van der Waals surface area (Å²) in [6.07, 6.45) is -5.30. The van der Waals surface area contributed by atoms with Crippen LogP contribution in [0.15, 0.2) is 0 Å². The first kappa shape index (κ1) is 52.3. The van der Waals surface area contributed by atoms with Gasteiger partial charge >= 0.3 is 29.8 Å². The largest absolute Gasteiger partial charge is 0.550 e.